The molecule has 4 heterocycles. The van der Waals surface area contributed by atoms with Crippen molar-refractivity contribution in [3.63, 3.8) is 0 Å². The van der Waals surface area contributed by atoms with Gasteiger partial charge in [0.05, 0.1) is 22.1 Å². The highest BCUT2D eigenvalue weighted by molar-refractivity contribution is 7.27. The SMILES string of the molecule is CC1(C)c2cc(N(c3ccc4ccccc4c3)c3cccc4c3oc3ccccc34)ccc2-c2ccc(-n3c4ccccc4c4c5sc6ccccc6c5c5oc6ccccc6c5c43)cc21. The predicted octanol–water partition coefficient (Wildman–Crippen LogP) is 17.9. The van der Waals surface area contributed by atoms with Gasteiger partial charge in [-0.05, 0) is 99.8 Å². The molecular weight excluding hydrogens is 825 g/mol. The minimum Gasteiger partial charge on any atom is -0.455 e. The normalized spacial score (nSPS) is 13.4. The second-order valence-electron chi connectivity index (χ2n) is 18.4. The van der Waals surface area contributed by atoms with Gasteiger partial charge in [-0.2, -0.15) is 0 Å². The zero-order valence-corrected chi connectivity index (χ0v) is 36.9. The Hall–Kier alpha value is -8.12. The number of furan rings is 2. The molecule has 0 atom stereocenters. The third-order valence-electron chi connectivity index (χ3n) is 14.5. The number of para-hydroxylation sites is 4. The average Bonchev–Trinajstić information content (AvgIpc) is 4.16. The third-order valence-corrected chi connectivity index (χ3v) is 15.7. The number of hydrogen-bond acceptors (Lipinski definition) is 4. The zero-order chi connectivity index (χ0) is 43.4. The van der Waals surface area contributed by atoms with Crippen LogP contribution in [0.2, 0.25) is 0 Å². The Morgan fingerprint density at radius 3 is 1.97 bits per heavy atom. The third kappa shape index (κ3) is 4.77. The lowest BCUT2D eigenvalue weighted by atomic mass is 9.82. The first-order valence-electron chi connectivity index (χ1n) is 22.7. The highest BCUT2D eigenvalue weighted by atomic mass is 32.1. The lowest BCUT2D eigenvalue weighted by Gasteiger charge is -2.28. The van der Waals surface area contributed by atoms with E-state index in [9.17, 15) is 0 Å². The van der Waals surface area contributed by atoms with Gasteiger partial charge in [-0.15, -0.1) is 11.3 Å². The summed E-state index contributed by atoms with van der Waals surface area (Å²) < 4.78 is 18.7. The van der Waals surface area contributed by atoms with Crippen molar-refractivity contribution in [2.75, 3.05) is 4.90 Å². The quantitative estimate of drug-likeness (QED) is 0.177. The van der Waals surface area contributed by atoms with E-state index in [2.05, 4.69) is 211 Å². The molecule has 10 aromatic carbocycles. The monoisotopic (exact) mass is 862 g/mol. The minimum absolute atomic E-state index is 0.313. The largest absolute Gasteiger partial charge is 0.455 e. The van der Waals surface area contributed by atoms with E-state index in [-0.39, 0.29) is 5.41 Å². The molecule has 66 heavy (non-hydrogen) atoms. The molecule has 0 aliphatic heterocycles. The lowest BCUT2D eigenvalue weighted by Crippen LogP contribution is -2.17. The van der Waals surface area contributed by atoms with Crippen molar-refractivity contribution in [3.8, 4) is 16.8 Å². The van der Waals surface area contributed by atoms with E-state index in [1.54, 1.807) is 0 Å². The summed E-state index contributed by atoms with van der Waals surface area (Å²) in [5, 5.41) is 11.9. The number of hydrogen-bond donors (Lipinski definition) is 0. The van der Waals surface area contributed by atoms with Crippen LogP contribution in [0.4, 0.5) is 17.1 Å². The van der Waals surface area contributed by atoms with Gasteiger partial charge in [-0.25, -0.2) is 0 Å². The molecule has 1 aliphatic carbocycles. The minimum atomic E-state index is -0.313. The molecule has 0 bridgehead atoms. The van der Waals surface area contributed by atoms with E-state index in [0.717, 1.165) is 66.6 Å². The van der Waals surface area contributed by atoms with Crippen molar-refractivity contribution in [3.05, 3.63) is 205 Å². The summed E-state index contributed by atoms with van der Waals surface area (Å²) in [6, 6.07) is 70.7. The number of fused-ring (bicyclic) bond motifs is 19. The first kappa shape index (κ1) is 36.2. The number of nitrogens with zero attached hydrogens (tertiary/aromatic N) is 2. The first-order valence-corrected chi connectivity index (χ1v) is 23.5. The molecule has 0 fully saturated rings. The molecule has 0 N–H and O–H groups in total. The second kappa shape index (κ2) is 13.0. The van der Waals surface area contributed by atoms with Crippen molar-refractivity contribution < 1.29 is 8.83 Å². The summed E-state index contributed by atoms with van der Waals surface area (Å²) in [7, 11) is 0. The Labute approximate surface area is 382 Å². The van der Waals surface area contributed by atoms with E-state index in [1.165, 1.54) is 75.0 Å². The fraction of sp³-hybridized carbons (Fsp3) is 0.0492. The molecule has 0 saturated heterocycles. The van der Waals surface area contributed by atoms with Crippen molar-refractivity contribution in [1.29, 1.82) is 0 Å². The fourth-order valence-corrected chi connectivity index (χ4v) is 12.8. The van der Waals surface area contributed by atoms with Gasteiger partial charge in [0.25, 0.3) is 0 Å². The molecule has 0 amide bonds. The molecule has 0 unspecified atom stereocenters. The molecule has 0 radical (unpaired) electrons. The first-order chi connectivity index (χ1) is 32.5. The van der Waals surface area contributed by atoms with Gasteiger partial charge in [-0.3, -0.25) is 0 Å². The summed E-state index contributed by atoms with van der Waals surface area (Å²) >= 11 is 1.87. The van der Waals surface area contributed by atoms with Gasteiger partial charge >= 0.3 is 0 Å². The Morgan fingerprint density at radius 2 is 1.11 bits per heavy atom. The number of anilines is 3. The molecule has 14 aromatic rings. The number of aromatic nitrogens is 1. The second-order valence-corrected chi connectivity index (χ2v) is 19.4. The van der Waals surface area contributed by atoms with E-state index in [1.807, 2.05) is 17.4 Å². The molecule has 0 spiro atoms. The Balaban J connectivity index is 0.951. The Morgan fingerprint density at radius 1 is 0.470 bits per heavy atom. The van der Waals surface area contributed by atoms with Crippen molar-refractivity contribution in [2.45, 2.75) is 19.3 Å². The molecule has 1 aliphatic rings. The van der Waals surface area contributed by atoms with Crippen LogP contribution in [-0.4, -0.2) is 4.57 Å². The molecule has 310 valence electrons. The molecule has 4 nitrogen and oxygen atoms in total. The van der Waals surface area contributed by atoms with Crippen LogP contribution in [0.1, 0.15) is 25.0 Å². The van der Waals surface area contributed by atoms with Crippen molar-refractivity contribution in [2.24, 2.45) is 0 Å². The van der Waals surface area contributed by atoms with Crippen LogP contribution >= 0.6 is 11.3 Å². The molecule has 5 heteroatoms. The van der Waals surface area contributed by atoms with Gasteiger partial charge in [0, 0.05) is 69.6 Å². The van der Waals surface area contributed by atoms with Gasteiger partial charge in [0.1, 0.15) is 16.7 Å². The summed E-state index contributed by atoms with van der Waals surface area (Å²) in [6.45, 7) is 4.78. The average molecular weight is 863 g/mol. The smallest absolute Gasteiger partial charge is 0.159 e. The van der Waals surface area contributed by atoms with Crippen LogP contribution < -0.4 is 4.90 Å². The van der Waals surface area contributed by atoms with Crippen LogP contribution in [0.15, 0.2) is 203 Å². The van der Waals surface area contributed by atoms with E-state index < -0.39 is 0 Å². The highest BCUT2D eigenvalue weighted by Gasteiger charge is 2.37. The van der Waals surface area contributed by atoms with E-state index in [4.69, 9.17) is 8.83 Å². The molecular formula is C61H38N2O2S. The van der Waals surface area contributed by atoms with Gasteiger partial charge in [-0.1, -0.05) is 141 Å². The van der Waals surface area contributed by atoms with Crippen LogP contribution in [0, 0.1) is 0 Å². The Kier molecular flexibility index (Phi) is 7.14. The zero-order valence-electron chi connectivity index (χ0n) is 36.1. The maximum Gasteiger partial charge on any atom is 0.159 e. The predicted molar refractivity (Wildman–Crippen MR) is 278 cm³/mol. The van der Waals surface area contributed by atoms with Crippen LogP contribution in [-0.2, 0) is 5.41 Å². The van der Waals surface area contributed by atoms with Crippen LogP contribution in [0.25, 0.3) is 113 Å². The standard InChI is InChI=1S/C61H38N2O2S/c1-61(2)47-33-38(62(37-27-26-35-14-3-4-15-36(35)32-37)50-22-13-20-43-42-16-6-10-23-51(42)64-58(43)50)28-30-40(47)41-31-29-39(34-48(41)61)63-49-21-9-5-17-44(49)55-57(63)54-45-18-7-11-24-52(45)65-59(54)56-46-19-8-12-25-53(46)66-60(55)56/h3-34H,1-2H3. The van der Waals surface area contributed by atoms with Crippen molar-refractivity contribution in [1.82, 2.24) is 4.57 Å². The lowest BCUT2D eigenvalue weighted by molar-refractivity contribution is 0.660. The van der Waals surface area contributed by atoms with Crippen LogP contribution in [0.5, 0.6) is 0 Å². The maximum absolute atomic E-state index is 6.91. The maximum atomic E-state index is 6.91. The highest BCUT2D eigenvalue weighted by Crippen LogP contribution is 2.54. The Bertz CT molecular complexity index is 4380. The van der Waals surface area contributed by atoms with Gasteiger partial charge < -0.3 is 18.3 Å². The van der Waals surface area contributed by atoms with Gasteiger partial charge in [0.15, 0.2) is 5.58 Å². The summed E-state index contributed by atoms with van der Waals surface area (Å²) in [4.78, 5) is 2.38. The summed E-state index contributed by atoms with van der Waals surface area (Å²) in [6.07, 6.45) is 0. The fourth-order valence-electron chi connectivity index (χ4n) is 11.5. The topological polar surface area (TPSA) is 34.5 Å². The van der Waals surface area contributed by atoms with E-state index in [0.29, 0.717) is 0 Å². The van der Waals surface area contributed by atoms with Crippen LogP contribution in [0.3, 0.4) is 0 Å². The van der Waals surface area contributed by atoms with Crippen molar-refractivity contribution >= 4 is 125 Å². The van der Waals surface area contributed by atoms with E-state index >= 15 is 0 Å². The summed E-state index contributed by atoms with van der Waals surface area (Å²) in [5.74, 6) is 0. The summed E-state index contributed by atoms with van der Waals surface area (Å²) in [5.41, 5.74) is 15.1. The molecule has 4 aromatic heterocycles. The van der Waals surface area contributed by atoms with Gasteiger partial charge in [0.2, 0.25) is 0 Å². The number of thiophene rings is 1. The number of benzene rings is 10. The molecule has 15 rings (SSSR count). The number of rotatable bonds is 4. The molecule has 0 saturated carbocycles.